The van der Waals surface area contributed by atoms with Gasteiger partial charge in [0.05, 0.1) is 23.6 Å². The lowest BCUT2D eigenvalue weighted by atomic mass is 9.98. The molecule has 1 unspecified atom stereocenters. The van der Waals surface area contributed by atoms with Crippen LogP contribution in [0.1, 0.15) is 27.7 Å². The summed E-state index contributed by atoms with van der Waals surface area (Å²) in [6, 6.07) is 13.2. The largest absolute Gasteiger partial charge is 0.450 e. The molecular formula is C19H14ClNO4. The molecule has 1 aliphatic heterocycles. The van der Waals surface area contributed by atoms with E-state index in [4.69, 9.17) is 16.0 Å². The van der Waals surface area contributed by atoms with Gasteiger partial charge in [0, 0.05) is 11.6 Å². The number of β-amino-alcohol motifs (C(OH)–C–C–N with tert-alkyl or cyclic N) is 1. The van der Waals surface area contributed by atoms with E-state index >= 15 is 0 Å². The van der Waals surface area contributed by atoms with Gasteiger partial charge in [-0.2, -0.15) is 0 Å². The van der Waals surface area contributed by atoms with Crippen molar-refractivity contribution in [2.24, 2.45) is 0 Å². The molecule has 0 fully saturated rings. The Hall–Kier alpha value is -2.63. The van der Waals surface area contributed by atoms with E-state index < -0.39 is 11.9 Å². The number of carbonyl (C=O) groups excluding carboxylic acids is 1. The third-order valence-electron chi connectivity index (χ3n) is 4.40. The second-order valence-electron chi connectivity index (χ2n) is 5.85. The molecule has 0 radical (unpaired) electrons. The van der Waals surface area contributed by atoms with Gasteiger partial charge in [-0.1, -0.05) is 35.9 Å². The minimum Gasteiger partial charge on any atom is -0.450 e. The van der Waals surface area contributed by atoms with Gasteiger partial charge in [-0.3, -0.25) is 9.59 Å². The molecular weight excluding hydrogens is 342 g/mol. The number of benzene rings is 2. The number of carbonyl (C=O) groups is 1. The lowest BCUT2D eigenvalue weighted by Crippen LogP contribution is -2.32. The molecule has 0 saturated heterocycles. The van der Waals surface area contributed by atoms with Crippen molar-refractivity contribution in [1.82, 2.24) is 4.90 Å². The van der Waals surface area contributed by atoms with Crippen LogP contribution in [0.15, 0.2) is 57.7 Å². The number of amides is 1. The molecule has 0 saturated carbocycles. The Morgan fingerprint density at radius 1 is 1.08 bits per heavy atom. The van der Waals surface area contributed by atoms with Crippen LogP contribution in [0.3, 0.4) is 0 Å². The number of fused-ring (bicyclic) bond motifs is 2. The Morgan fingerprint density at radius 3 is 2.52 bits per heavy atom. The fourth-order valence-electron chi connectivity index (χ4n) is 3.30. The first-order chi connectivity index (χ1) is 12.1. The standard InChI is InChI=1S/C19H14ClNO4/c20-12-7-5-11(6-8-12)16-15-17(23)13-3-1-2-4-14(13)25-18(15)19(24)21(16)9-10-22/h1-8,16,22H,9-10H2. The molecule has 0 bridgehead atoms. The van der Waals surface area contributed by atoms with Crippen molar-refractivity contribution in [2.75, 3.05) is 13.2 Å². The molecule has 4 rings (SSSR count). The van der Waals surface area contributed by atoms with Crippen LogP contribution >= 0.6 is 11.6 Å². The van der Waals surface area contributed by atoms with Gasteiger partial charge in [0.15, 0.2) is 5.43 Å². The van der Waals surface area contributed by atoms with Gasteiger partial charge in [-0.05, 0) is 29.8 Å². The Morgan fingerprint density at radius 2 is 1.80 bits per heavy atom. The van der Waals surface area contributed by atoms with E-state index in [1.54, 1.807) is 48.5 Å². The van der Waals surface area contributed by atoms with E-state index in [1.165, 1.54) is 4.90 Å². The Bertz CT molecular complexity index is 1030. The van der Waals surface area contributed by atoms with Crippen molar-refractivity contribution in [3.05, 3.63) is 80.7 Å². The van der Waals surface area contributed by atoms with E-state index in [0.717, 1.165) is 5.56 Å². The van der Waals surface area contributed by atoms with Crippen LogP contribution in [0, 0.1) is 0 Å². The molecule has 126 valence electrons. The van der Waals surface area contributed by atoms with Crippen LogP contribution in [0.25, 0.3) is 11.0 Å². The van der Waals surface area contributed by atoms with E-state index in [0.29, 0.717) is 21.6 Å². The smallest absolute Gasteiger partial charge is 0.290 e. The summed E-state index contributed by atoms with van der Waals surface area (Å²) >= 11 is 5.95. The summed E-state index contributed by atoms with van der Waals surface area (Å²) in [5.74, 6) is -0.357. The first-order valence-corrected chi connectivity index (χ1v) is 8.22. The number of hydrogen-bond acceptors (Lipinski definition) is 4. The molecule has 2 heterocycles. The monoisotopic (exact) mass is 355 g/mol. The third-order valence-corrected chi connectivity index (χ3v) is 4.65. The maximum absolute atomic E-state index is 13.0. The average Bonchev–Trinajstić information content (AvgIpc) is 2.89. The zero-order valence-electron chi connectivity index (χ0n) is 13.1. The third kappa shape index (κ3) is 2.44. The number of aliphatic hydroxyl groups excluding tert-OH is 1. The predicted octanol–water partition coefficient (Wildman–Crippen LogP) is 2.98. The second-order valence-corrected chi connectivity index (χ2v) is 6.28. The maximum Gasteiger partial charge on any atom is 0.290 e. The van der Waals surface area contributed by atoms with E-state index in [9.17, 15) is 14.7 Å². The number of nitrogens with zero attached hydrogens (tertiary/aromatic N) is 1. The Kier molecular flexibility index (Phi) is 3.82. The summed E-state index contributed by atoms with van der Waals surface area (Å²) in [5, 5.41) is 10.4. The van der Waals surface area contributed by atoms with Gasteiger partial charge in [-0.25, -0.2) is 0 Å². The molecule has 6 heteroatoms. The number of hydrogen-bond donors (Lipinski definition) is 1. The molecule has 3 aromatic rings. The highest BCUT2D eigenvalue weighted by atomic mass is 35.5. The van der Waals surface area contributed by atoms with E-state index in [1.807, 2.05) is 0 Å². The van der Waals surface area contributed by atoms with Gasteiger partial charge < -0.3 is 14.4 Å². The van der Waals surface area contributed by atoms with Gasteiger partial charge in [-0.15, -0.1) is 0 Å². The lowest BCUT2D eigenvalue weighted by Gasteiger charge is -2.24. The van der Waals surface area contributed by atoms with Crippen molar-refractivity contribution >= 4 is 28.5 Å². The second kappa shape index (κ2) is 6.02. The quantitative estimate of drug-likeness (QED) is 0.784. The molecule has 1 aliphatic rings. The van der Waals surface area contributed by atoms with Crippen molar-refractivity contribution in [3.63, 3.8) is 0 Å². The topological polar surface area (TPSA) is 70.8 Å². The van der Waals surface area contributed by atoms with Crippen molar-refractivity contribution in [2.45, 2.75) is 6.04 Å². The number of halogens is 1. The summed E-state index contributed by atoms with van der Waals surface area (Å²) in [7, 11) is 0. The zero-order valence-corrected chi connectivity index (χ0v) is 13.9. The van der Waals surface area contributed by atoms with Crippen LogP contribution in [0.2, 0.25) is 5.02 Å². The highest BCUT2D eigenvalue weighted by Crippen LogP contribution is 2.38. The summed E-state index contributed by atoms with van der Waals surface area (Å²) in [4.78, 5) is 27.3. The number of rotatable bonds is 3. The van der Waals surface area contributed by atoms with Crippen LogP contribution in [0.5, 0.6) is 0 Å². The van der Waals surface area contributed by atoms with Crippen LogP contribution in [0.4, 0.5) is 0 Å². The normalized spacial score (nSPS) is 16.5. The van der Waals surface area contributed by atoms with Gasteiger partial charge in [0.25, 0.3) is 5.91 Å². The fourth-order valence-corrected chi connectivity index (χ4v) is 3.42. The minimum absolute atomic E-state index is 0.0390. The van der Waals surface area contributed by atoms with E-state index in [-0.39, 0.29) is 24.3 Å². The van der Waals surface area contributed by atoms with Crippen LogP contribution in [-0.4, -0.2) is 29.1 Å². The first kappa shape index (κ1) is 15.9. The van der Waals surface area contributed by atoms with Gasteiger partial charge >= 0.3 is 0 Å². The van der Waals surface area contributed by atoms with Crippen LogP contribution < -0.4 is 5.43 Å². The maximum atomic E-state index is 13.0. The first-order valence-electron chi connectivity index (χ1n) is 7.85. The average molecular weight is 356 g/mol. The zero-order chi connectivity index (χ0) is 17.6. The molecule has 1 N–H and O–H groups in total. The highest BCUT2D eigenvalue weighted by molar-refractivity contribution is 6.30. The van der Waals surface area contributed by atoms with Crippen LogP contribution in [-0.2, 0) is 0 Å². The molecule has 2 aromatic carbocycles. The van der Waals surface area contributed by atoms with Gasteiger partial charge in [0.1, 0.15) is 5.58 Å². The summed E-state index contributed by atoms with van der Waals surface area (Å²) in [6.07, 6.45) is 0. The Labute approximate surface area is 148 Å². The summed E-state index contributed by atoms with van der Waals surface area (Å²) in [6.45, 7) is -0.107. The molecule has 1 atom stereocenters. The lowest BCUT2D eigenvalue weighted by molar-refractivity contribution is 0.0691. The summed E-state index contributed by atoms with van der Waals surface area (Å²) < 4.78 is 5.75. The SMILES string of the molecule is O=C1c2oc3ccccc3c(=O)c2C(c2ccc(Cl)cc2)N1CCO. The Balaban J connectivity index is 2.00. The minimum atomic E-state index is -0.604. The molecule has 1 aromatic heterocycles. The number of para-hydroxylation sites is 1. The van der Waals surface area contributed by atoms with Crippen molar-refractivity contribution in [1.29, 1.82) is 0 Å². The van der Waals surface area contributed by atoms with E-state index in [2.05, 4.69) is 0 Å². The van der Waals surface area contributed by atoms with Gasteiger partial charge in [0.2, 0.25) is 5.76 Å². The molecule has 0 aliphatic carbocycles. The number of aliphatic hydroxyl groups is 1. The fraction of sp³-hybridized carbons (Fsp3) is 0.158. The van der Waals surface area contributed by atoms with Crippen molar-refractivity contribution < 1.29 is 14.3 Å². The summed E-state index contributed by atoms with van der Waals surface area (Å²) in [5.41, 5.74) is 1.19. The molecule has 1 amide bonds. The molecule has 5 nitrogen and oxygen atoms in total. The van der Waals surface area contributed by atoms with Crippen molar-refractivity contribution in [3.8, 4) is 0 Å². The molecule has 0 spiro atoms. The predicted molar refractivity (Wildman–Crippen MR) is 93.9 cm³/mol. The highest BCUT2D eigenvalue weighted by Gasteiger charge is 2.42. The molecule has 25 heavy (non-hydrogen) atoms.